The standard InChI is InChI=1S/C13H10S.CH4/c1-9-6-7-13-11(8-9)10-4-2-3-5-12(10)14-13;/h2-8H,1H3;1H4. The zero-order valence-electron chi connectivity index (χ0n) is 7.95. The van der Waals surface area contributed by atoms with E-state index in [1.54, 1.807) is 0 Å². The maximum absolute atomic E-state index is 2.27. The Bertz CT molecular complexity index is 605. The quantitative estimate of drug-likeness (QED) is 0.494. The van der Waals surface area contributed by atoms with Gasteiger partial charge in [-0.3, -0.25) is 0 Å². The molecule has 0 unspecified atom stereocenters. The van der Waals surface area contributed by atoms with Crippen molar-refractivity contribution in [1.82, 2.24) is 0 Å². The highest BCUT2D eigenvalue weighted by Gasteiger charge is 2.02. The third-order valence-corrected chi connectivity index (χ3v) is 3.68. The van der Waals surface area contributed by atoms with Crippen molar-refractivity contribution >= 4 is 31.5 Å². The molecule has 2 aromatic carbocycles. The summed E-state index contributed by atoms with van der Waals surface area (Å²) in [4.78, 5) is 0. The minimum atomic E-state index is 0. The first kappa shape index (κ1) is 10.2. The number of hydrogen-bond acceptors (Lipinski definition) is 1. The van der Waals surface area contributed by atoms with Crippen molar-refractivity contribution in [2.75, 3.05) is 0 Å². The molecule has 0 atom stereocenters. The summed E-state index contributed by atoms with van der Waals surface area (Å²) in [6.07, 6.45) is 0. The summed E-state index contributed by atoms with van der Waals surface area (Å²) in [7, 11) is 0. The second-order valence-corrected chi connectivity index (χ2v) is 4.68. The molecule has 0 saturated carbocycles. The third-order valence-electron chi connectivity index (χ3n) is 2.53. The van der Waals surface area contributed by atoms with E-state index < -0.39 is 0 Å². The minimum absolute atomic E-state index is 0. The Labute approximate surface area is 94.2 Å². The van der Waals surface area contributed by atoms with Gasteiger partial charge in [-0.25, -0.2) is 0 Å². The average Bonchev–Trinajstić information content (AvgIpc) is 2.56. The lowest BCUT2D eigenvalue weighted by Gasteiger charge is -1.92. The summed E-state index contributed by atoms with van der Waals surface area (Å²) in [6.45, 7) is 2.14. The van der Waals surface area contributed by atoms with Gasteiger partial charge in [0.1, 0.15) is 0 Å². The molecular formula is C14H14S. The maximum Gasteiger partial charge on any atom is 0.0355 e. The fourth-order valence-corrected chi connectivity index (χ4v) is 2.93. The van der Waals surface area contributed by atoms with Crippen LogP contribution in [0, 0.1) is 6.92 Å². The van der Waals surface area contributed by atoms with Crippen LogP contribution in [0.25, 0.3) is 20.2 Å². The Morgan fingerprint density at radius 1 is 0.867 bits per heavy atom. The lowest BCUT2D eigenvalue weighted by atomic mass is 10.1. The van der Waals surface area contributed by atoms with E-state index in [0.717, 1.165) is 0 Å². The smallest absolute Gasteiger partial charge is 0.0355 e. The van der Waals surface area contributed by atoms with Crippen molar-refractivity contribution in [2.24, 2.45) is 0 Å². The molecule has 1 heterocycles. The van der Waals surface area contributed by atoms with E-state index in [9.17, 15) is 0 Å². The highest BCUT2D eigenvalue weighted by Crippen LogP contribution is 2.33. The van der Waals surface area contributed by atoms with Crippen LogP contribution in [0.15, 0.2) is 42.5 Å². The van der Waals surface area contributed by atoms with Gasteiger partial charge in [-0.1, -0.05) is 37.3 Å². The van der Waals surface area contributed by atoms with Crippen LogP contribution in [0.3, 0.4) is 0 Å². The van der Waals surface area contributed by atoms with Gasteiger partial charge in [0, 0.05) is 20.2 Å². The molecule has 3 rings (SSSR count). The average molecular weight is 214 g/mol. The van der Waals surface area contributed by atoms with E-state index in [2.05, 4.69) is 49.4 Å². The molecule has 76 valence electrons. The van der Waals surface area contributed by atoms with Crippen LogP contribution >= 0.6 is 11.3 Å². The number of benzene rings is 2. The van der Waals surface area contributed by atoms with E-state index >= 15 is 0 Å². The van der Waals surface area contributed by atoms with Gasteiger partial charge in [0.2, 0.25) is 0 Å². The molecule has 0 spiro atoms. The molecule has 0 saturated heterocycles. The largest absolute Gasteiger partial charge is 0.135 e. The van der Waals surface area contributed by atoms with Crippen LogP contribution in [0.2, 0.25) is 0 Å². The SMILES string of the molecule is C.Cc1ccc2sc3ccccc3c2c1. The topological polar surface area (TPSA) is 0 Å². The van der Waals surface area contributed by atoms with E-state index in [4.69, 9.17) is 0 Å². The highest BCUT2D eigenvalue weighted by atomic mass is 32.1. The first-order valence-corrected chi connectivity index (χ1v) is 5.54. The Kier molecular flexibility index (Phi) is 2.49. The predicted molar refractivity (Wildman–Crippen MR) is 70.8 cm³/mol. The van der Waals surface area contributed by atoms with E-state index in [1.165, 1.54) is 25.7 Å². The number of rotatable bonds is 0. The van der Waals surface area contributed by atoms with Crippen LogP contribution < -0.4 is 0 Å². The summed E-state index contributed by atoms with van der Waals surface area (Å²) >= 11 is 1.87. The molecule has 0 fully saturated rings. The van der Waals surface area contributed by atoms with Crippen molar-refractivity contribution in [1.29, 1.82) is 0 Å². The second kappa shape index (κ2) is 3.67. The molecular weight excluding hydrogens is 200 g/mol. The van der Waals surface area contributed by atoms with Crippen LogP contribution in [0.4, 0.5) is 0 Å². The van der Waals surface area contributed by atoms with E-state index in [-0.39, 0.29) is 7.43 Å². The second-order valence-electron chi connectivity index (χ2n) is 3.60. The molecule has 0 nitrogen and oxygen atoms in total. The molecule has 0 radical (unpaired) electrons. The monoisotopic (exact) mass is 214 g/mol. The van der Waals surface area contributed by atoms with Gasteiger partial charge in [-0.15, -0.1) is 11.3 Å². The minimum Gasteiger partial charge on any atom is -0.135 e. The van der Waals surface area contributed by atoms with Crippen LogP contribution in [-0.4, -0.2) is 0 Å². The first-order valence-electron chi connectivity index (χ1n) is 4.72. The predicted octanol–water partition coefficient (Wildman–Crippen LogP) is 5.00. The number of thiophene rings is 1. The molecule has 0 aliphatic rings. The zero-order valence-corrected chi connectivity index (χ0v) is 8.77. The Hall–Kier alpha value is -1.34. The van der Waals surface area contributed by atoms with Crippen molar-refractivity contribution < 1.29 is 0 Å². The molecule has 3 aromatic rings. The van der Waals surface area contributed by atoms with Crippen LogP contribution in [0.1, 0.15) is 13.0 Å². The third kappa shape index (κ3) is 1.53. The molecule has 0 aliphatic heterocycles. The van der Waals surface area contributed by atoms with Gasteiger partial charge in [0.25, 0.3) is 0 Å². The van der Waals surface area contributed by atoms with E-state index in [1.807, 2.05) is 11.3 Å². The van der Waals surface area contributed by atoms with Gasteiger partial charge in [-0.2, -0.15) is 0 Å². The van der Waals surface area contributed by atoms with Crippen molar-refractivity contribution in [3.63, 3.8) is 0 Å². The fourth-order valence-electron chi connectivity index (χ4n) is 1.84. The van der Waals surface area contributed by atoms with Gasteiger partial charge >= 0.3 is 0 Å². The van der Waals surface area contributed by atoms with Gasteiger partial charge < -0.3 is 0 Å². The number of aryl methyl sites for hydroxylation is 1. The van der Waals surface area contributed by atoms with Crippen molar-refractivity contribution in [3.8, 4) is 0 Å². The Morgan fingerprint density at radius 3 is 2.47 bits per heavy atom. The summed E-state index contributed by atoms with van der Waals surface area (Å²) in [6, 6.07) is 15.3. The van der Waals surface area contributed by atoms with Crippen LogP contribution in [0.5, 0.6) is 0 Å². The zero-order chi connectivity index (χ0) is 9.54. The summed E-state index contributed by atoms with van der Waals surface area (Å²) in [5.74, 6) is 0. The highest BCUT2D eigenvalue weighted by molar-refractivity contribution is 7.25. The lowest BCUT2D eigenvalue weighted by Crippen LogP contribution is -1.69. The molecule has 15 heavy (non-hydrogen) atoms. The molecule has 1 aromatic heterocycles. The Morgan fingerprint density at radius 2 is 1.60 bits per heavy atom. The molecule has 0 bridgehead atoms. The molecule has 0 amide bonds. The number of hydrogen-bond donors (Lipinski definition) is 0. The lowest BCUT2D eigenvalue weighted by molar-refractivity contribution is 1.52. The fraction of sp³-hybridized carbons (Fsp3) is 0.143. The summed E-state index contributed by atoms with van der Waals surface area (Å²) < 4.78 is 2.77. The number of fused-ring (bicyclic) bond motifs is 3. The molecule has 0 N–H and O–H groups in total. The van der Waals surface area contributed by atoms with E-state index in [0.29, 0.717) is 0 Å². The summed E-state index contributed by atoms with van der Waals surface area (Å²) in [5, 5.41) is 2.78. The normalized spacial score (nSPS) is 10.5. The van der Waals surface area contributed by atoms with Gasteiger partial charge in [0.05, 0.1) is 0 Å². The van der Waals surface area contributed by atoms with Crippen molar-refractivity contribution in [3.05, 3.63) is 48.0 Å². The Balaban J connectivity index is 0.000000853. The maximum atomic E-state index is 2.27. The summed E-state index contributed by atoms with van der Waals surface area (Å²) in [5.41, 5.74) is 1.33. The van der Waals surface area contributed by atoms with Gasteiger partial charge in [0.15, 0.2) is 0 Å². The molecule has 0 aliphatic carbocycles. The van der Waals surface area contributed by atoms with Gasteiger partial charge in [-0.05, 0) is 25.1 Å². The van der Waals surface area contributed by atoms with Crippen LogP contribution in [-0.2, 0) is 0 Å². The first-order chi connectivity index (χ1) is 6.84. The van der Waals surface area contributed by atoms with Crippen molar-refractivity contribution in [2.45, 2.75) is 14.4 Å². The molecule has 1 heteroatoms.